The monoisotopic (exact) mass is 339 g/mol. The fourth-order valence-electron chi connectivity index (χ4n) is 2.72. The molecule has 130 valence electrons. The molecule has 0 aliphatic carbocycles. The molecule has 1 aromatic carbocycles. The number of pyridine rings is 1. The van der Waals surface area contributed by atoms with E-state index < -0.39 is 5.97 Å². The molecule has 0 radical (unpaired) electrons. The summed E-state index contributed by atoms with van der Waals surface area (Å²) in [5, 5.41) is 0.787. The molecule has 3 aromatic rings. The Kier molecular flexibility index (Phi) is 4.57. The minimum Gasteiger partial charge on any atom is -0.462 e. The van der Waals surface area contributed by atoms with Gasteiger partial charge < -0.3 is 9.15 Å². The predicted molar refractivity (Wildman–Crippen MR) is 97.2 cm³/mol. The van der Waals surface area contributed by atoms with Crippen molar-refractivity contribution in [2.45, 2.75) is 40.5 Å². The number of benzene rings is 1. The van der Waals surface area contributed by atoms with Gasteiger partial charge in [0.15, 0.2) is 0 Å². The molecular weight excluding hydrogens is 318 g/mol. The standard InChI is InChI=1S/C20H21NO4/c1-5-6-7-24-20(23)14-10-16-18(22)15-8-11(2)12(3)9-17(15)25-19(16)21-13(14)4/h8-10H,5-7H2,1-4H3. The molecule has 5 nitrogen and oxygen atoms in total. The van der Waals surface area contributed by atoms with Gasteiger partial charge in [-0.25, -0.2) is 9.78 Å². The van der Waals surface area contributed by atoms with Crippen LogP contribution in [0.3, 0.4) is 0 Å². The fraction of sp³-hybridized carbons (Fsp3) is 0.350. The van der Waals surface area contributed by atoms with E-state index in [2.05, 4.69) is 4.98 Å². The minimum absolute atomic E-state index is 0.186. The molecule has 25 heavy (non-hydrogen) atoms. The number of aromatic nitrogens is 1. The van der Waals surface area contributed by atoms with Crippen molar-refractivity contribution in [1.29, 1.82) is 0 Å². The first kappa shape index (κ1) is 17.1. The normalized spacial score (nSPS) is 11.2. The molecule has 0 atom stereocenters. The zero-order valence-electron chi connectivity index (χ0n) is 14.9. The second-order valence-electron chi connectivity index (χ2n) is 6.33. The van der Waals surface area contributed by atoms with Crippen LogP contribution in [0, 0.1) is 20.8 Å². The summed E-state index contributed by atoms with van der Waals surface area (Å²) in [5.41, 5.74) is 3.41. The first-order chi connectivity index (χ1) is 11.9. The van der Waals surface area contributed by atoms with E-state index in [-0.39, 0.29) is 11.1 Å². The zero-order valence-corrected chi connectivity index (χ0v) is 14.9. The SMILES string of the molecule is CCCCOC(=O)c1cc2c(=O)c3cc(C)c(C)cc3oc2nc1C. The Labute approximate surface area is 145 Å². The number of hydrogen-bond donors (Lipinski definition) is 0. The summed E-state index contributed by atoms with van der Waals surface area (Å²) in [4.78, 5) is 29.4. The fourth-order valence-corrected chi connectivity index (χ4v) is 2.72. The number of rotatable bonds is 4. The third-order valence-corrected chi connectivity index (χ3v) is 4.42. The van der Waals surface area contributed by atoms with Gasteiger partial charge in [0.2, 0.25) is 11.1 Å². The molecule has 0 bridgehead atoms. The van der Waals surface area contributed by atoms with E-state index in [1.807, 2.05) is 32.9 Å². The number of nitrogens with zero attached hydrogens (tertiary/aromatic N) is 1. The zero-order chi connectivity index (χ0) is 18.1. The average molecular weight is 339 g/mol. The van der Waals surface area contributed by atoms with Crippen molar-refractivity contribution < 1.29 is 13.9 Å². The highest BCUT2D eigenvalue weighted by Crippen LogP contribution is 2.22. The van der Waals surface area contributed by atoms with Crippen molar-refractivity contribution in [2.24, 2.45) is 0 Å². The molecule has 2 aromatic heterocycles. The van der Waals surface area contributed by atoms with Crippen LogP contribution in [0.25, 0.3) is 22.1 Å². The van der Waals surface area contributed by atoms with Crippen LogP contribution in [0.15, 0.2) is 27.4 Å². The Hall–Kier alpha value is -2.69. The first-order valence-corrected chi connectivity index (χ1v) is 8.45. The Bertz CT molecular complexity index is 1030. The van der Waals surface area contributed by atoms with Gasteiger partial charge in [0.1, 0.15) is 5.58 Å². The third-order valence-electron chi connectivity index (χ3n) is 4.42. The number of carbonyl (C=O) groups is 1. The molecular formula is C20H21NO4. The molecule has 0 saturated heterocycles. The van der Waals surface area contributed by atoms with E-state index in [9.17, 15) is 9.59 Å². The largest absolute Gasteiger partial charge is 0.462 e. The number of ether oxygens (including phenoxy) is 1. The van der Waals surface area contributed by atoms with E-state index in [0.717, 1.165) is 24.0 Å². The van der Waals surface area contributed by atoms with Crippen LogP contribution in [0.1, 0.15) is 46.9 Å². The van der Waals surface area contributed by atoms with Crippen molar-refractivity contribution >= 4 is 28.0 Å². The molecule has 3 rings (SSSR count). The maximum Gasteiger partial charge on any atom is 0.340 e. The van der Waals surface area contributed by atoms with Crippen LogP contribution in [-0.2, 0) is 4.74 Å². The van der Waals surface area contributed by atoms with Crippen LogP contribution in [0.2, 0.25) is 0 Å². The van der Waals surface area contributed by atoms with Gasteiger partial charge in [-0.1, -0.05) is 13.3 Å². The highest BCUT2D eigenvalue weighted by atomic mass is 16.5. The Balaban J connectivity index is 2.17. The molecule has 0 aliphatic heterocycles. The second kappa shape index (κ2) is 6.67. The number of unbranched alkanes of at least 4 members (excludes halogenated alkanes) is 1. The summed E-state index contributed by atoms with van der Waals surface area (Å²) >= 11 is 0. The van der Waals surface area contributed by atoms with Gasteiger partial charge in [-0.2, -0.15) is 0 Å². The van der Waals surface area contributed by atoms with Crippen molar-refractivity contribution in [2.75, 3.05) is 6.61 Å². The maximum absolute atomic E-state index is 12.8. The van der Waals surface area contributed by atoms with Crippen LogP contribution < -0.4 is 5.43 Å². The number of hydrogen-bond acceptors (Lipinski definition) is 5. The van der Waals surface area contributed by atoms with Gasteiger partial charge in [-0.3, -0.25) is 4.79 Å². The van der Waals surface area contributed by atoms with Crippen LogP contribution in [0.4, 0.5) is 0 Å². The maximum atomic E-state index is 12.8. The van der Waals surface area contributed by atoms with Gasteiger partial charge in [0.05, 0.1) is 28.6 Å². The van der Waals surface area contributed by atoms with Crippen molar-refractivity contribution in [3.8, 4) is 0 Å². The second-order valence-corrected chi connectivity index (χ2v) is 6.33. The smallest absolute Gasteiger partial charge is 0.340 e. The molecule has 2 heterocycles. The number of fused-ring (bicyclic) bond motifs is 2. The summed E-state index contributed by atoms with van der Waals surface area (Å²) in [6, 6.07) is 5.19. The van der Waals surface area contributed by atoms with E-state index in [4.69, 9.17) is 9.15 Å². The van der Waals surface area contributed by atoms with E-state index >= 15 is 0 Å². The Morgan fingerprint density at radius 1 is 1.12 bits per heavy atom. The van der Waals surface area contributed by atoms with E-state index in [1.54, 1.807) is 6.92 Å². The summed E-state index contributed by atoms with van der Waals surface area (Å²) in [6.45, 7) is 8.00. The molecule has 5 heteroatoms. The number of aryl methyl sites for hydroxylation is 3. The van der Waals surface area contributed by atoms with Crippen LogP contribution >= 0.6 is 0 Å². The lowest BCUT2D eigenvalue weighted by Crippen LogP contribution is -2.12. The number of esters is 1. The van der Waals surface area contributed by atoms with Crippen molar-refractivity contribution in [1.82, 2.24) is 4.98 Å². The summed E-state index contributed by atoms with van der Waals surface area (Å²) in [7, 11) is 0. The van der Waals surface area contributed by atoms with Gasteiger partial charge in [0.25, 0.3) is 0 Å². The lowest BCUT2D eigenvalue weighted by molar-refractivity contribution is 0.0498. The quantitative estimate of drug-likeness (QED) is 0.404. The van der Waals surface area contributed by atoms with Gasteiger partial charge in [-0.05, 0) is 56.5 Å². The summed E-state index contributed by atoms with van der Waals surface area (Å²) in [5.74, 6) is -0.458. The topological polar surface area (TPSA) is 69.4 Å². The van der Waals surface area contributed by atoms with E-state index in [0.29, 0.717) is 34.2 Å². The highest BCUT2D eigenvalue weighted by Gasteiger charge is 2.17. The van der Waals surface area contributed by atoms with Crippen molar-refractivity contribution in [3.63, 3.8) is 0 Å². The van der Waals surface area contributed by atoms with Crippen LogP contribution in [-0.4, -0.2) is 17.6 Å². The van der Waals surface area contributed by atoms with Gasteiger partial charge in [-0.15, -0.1) is 0 Å². The Morgan fingerprint density at radius 2 is 1.84 bits per heavy atom. The molecule has 0 unspecified atom stereocenters. The minimum atomic E-state index is -0.458. The predicted octanol–water partition coefficient (Wildman–Crippen LogP) is 4.22. The molecule has 0 spiro atoms. The average Bonchev–Trinajstić information content (AvgIpc) is 2.57. The molecule has 0 fully saturated rings. The lowest BCUT2D eigenvalue weighted by atomic mass is 10.1. The van der Waals surface area contributed by atoms with Crippen molar-refractivity contribution in [3.05, 3.63) is 50.8 Å². The molecule has 0 amide bonds. The Morgan fingerprint density at radius 3 is 2.56 bits per heavy atom. The highest BCUT2D eigenvalue weighted by molar-refractivity contribution is 5.96. The van der Waals surface area contributed by atoms with Gasteiger partial charge >= 0.3 is 5.97 Å². The first-order valence-electron chi connectivity index (χ1n) is 8.45. The lowest BCUT2D eigenvalue weighted by Gasteiger charge is -2.09. The number of carbonyl (C=O) groups excluding carboxylic acids is 1. The van der Waals surface area contributed by atoms with Gasteiger partial charge in [0, 0.05) is 0 Å². The summed E-state index contributed by atoms with van der Waals surface area (Å²) in [6.07, 6.45) is 1.74. The third kappa shape index (κ3) is 3.14. The summed E-state index contributed by atoms with van der Waals surface area (Å²) < 4.78 is 11.1. The van der Waals surface area contributed by atoms with Crippen LogP contribution in [0.5, 0.6) is 0 Å². The molecule has 0 N–H and O–H groups in total. The molecule has 0 saturated carbocycles. The van der Waals surface area contributed by atoms with E-state index in [1.165, 1.54) is 6.07 Å². The molecule has 0 aliphatic rings.